The van der Waals surface area contributed by atoms with Crippen molar-refractivity contribution in [1.29, 1.82) is 0 Å². The predicted molar refractivity (Wildman–Crippen MR) is 240 cm³/mol. The molecule has 0 amide bonds. The lowest BCUT2D eigenvalue weighted by Gasteiger charge is -2.35. The van der Waals surface area contributed by atoms with Crippen LogP contribution in [0.5, 0.6) is 11.5 Å². The smallest absolute Gasteiger partial charge is 0.179 e. The maximum Gasteiger partial charge on any atom is 0.179 e. The summed E-state index contributed by atoms with van der Waals surface area (Å²) in [4.78, 5) is 43.5. The lowest BCUT2D eigenvalue weighted by Crippen LogP contribution is -2.39. The monoisotopic (exact) mass is 846 g/mol. The highest BCUT2D eigenvalue weighted by molar-refractivity contribution is 9.10. The van der Waals surface area contributed by atoms with Gasteiger partial charge in [-0.3, -0.25) is 19.6 Å². The number of methoxy groups -OCH3 is 2. The van der Waals surface area contributed by atoms with Crippen molar-refractivity contribution in [3.63, 3.8) is 0 Å². The molecule has 4 aromatic heterocycles. The van der Waals surface area contributed by atoms with E-state index in [-0.39, 0.29) is 27.2 Å². The minimum atomic E-state index is -0.219. The van der Waals surface area contributed by atoms with Gasteiger partial charge < -0.3 is 19.4 Å². The number of aromatic amines is 2. The fraction of sp³-hybridized carbons (Fsp3) is 0.280. The minimum absolute atomic E-state index is 0.0613. The molecule has 1 atom stereocenters. The van der Waals surface area contributed by atoms with E-state index in [0.29, 0.717) is 19.3 Å². The quantitative estimate of drug-likeness (QED) is 0.161. The highest BCUT2D eigenvalue weighted by Crippen LogP contribution is 2.44. The van der Waals surface area contributed by atoms with Crippen molar-refractivity contribution in [2.75, 3.05) is 14.2 Å². The first-order valence-corrected chi connectivity index (χ1v) is 21.1. The third-order valence-corrected chi connectivity index (χ3v) is 13.7. The van der Waals surface area contributed by atoms with Gasteiger partial charge in [0.05, 0.1) is 58.4 Å². The number of fused-ring (bicyclic) bond motifs is 10. The van der Waals surface area contributed by atoms with Crippen molar-refractivity contribution in [2.45, 2.75) is 64.6 Å². The molecule has 0 saturated heterocycles. The van der Waals surface area contributed by atoms with Crippen LogP contribution in [-0.2, 0) is 25.7 Å². The highest BCUT2D eigenvalue weighted by Gasteiger charge is 2.42. The Labute approximate surface area is 351 Å². The Kier molecular flexibility index (Phi) is 9.70. The lowest BCUT2D eigenvalue weighted by molar-refractivity contribution is 0.0908. The van der Waals surface area contributed by atoms with Crippen molar-refractivity contribution < 1.29 is 19.1 Å². The van der Waals surface area contributed by atoms with Crippen LogP contribution in [0.1, 0.15) is 88.7 Å². The van der Waals surface area contributed by atoms with Crippen LogP contribution >= 0.6 is 15.9 Å². The molecule has 0 fully saturated rings. The second kappa shape index (κ2) is 14.8. The number of ether oxygens (including phenoxy) is 2. The summed E-state index contributed by atoms with van der Waals surface area (Å²) in [6, 6.07) is 32.6. The number of carbonyl (C=O) groups is 2. The average molecular weight is 848 g/mol. The molecule has 0 radical (unpaired) electrons. The Balaban J connectivity index is 0.000000152. The number of pyridine rings is 2. The van der Waals surface area contributed by atoms with Crippen LogP contribution in [-0.4, -0.2) is 50.5 Å². The van der Waals surface area contributed by atoms with Crippen LogP contribution in [0.15, 0.2) is 97.1 Å². The van der Waals surface area contributed by atoms with Crippen LogP contribution in [0, 0.1) is 10.8 Å². The molecule has 2 aliphatic carbocycles. The zero-order valence-electron chi connectivity index (χ0n) is 34.3. The molecule has 4 heterocycles. The number of aromatic nitrogens is 4. The molecule has 2 aliphatic rings. The maximum atomic E-state index is 13.4. The van der Waals surface area contributed by atoms with Gasteiger partial charge >= 0.3 is 0 Å². The summed E-state index contributed by atoms with van der Waals surface area (Å²) >= 11 is 3.67. The van der Waals surface area contributed by atoms with Crippen LogP contribution in [0.25, 0.3) is 43.6 Å². The molecule has 10 rings (SSSR count). The Hall–Kier alpha value is -5.80. The number of para-hydroxylation sites is 2. The Morgan fingerprint density at radius 1 is 0.627 bits per heavy atom. The van der Waals surface area contributed by atoms with E-state index in [1.165, 1.54) is 5.56 Å². The molecule has 0 saturated carbocycles. The largest absolute Gasteiger partial charge is 0.497 e. The van der Waals surface area contributed by atoms with E-state index in [4.69, 9.17) is 19.4 Å². The fourth-order valence-corrected chi connectivity index (χ4v) is 9.46. The van der Waals surface area contributed by atoms with Gasteiger partial charge in [0.2, 0.25) is 0 Å². The maximum absolute atomic E-state index is 13.4. The van der Waals surface area contributed by atoms with Crippen molar-refractivity contribution in [3.8, 4) is 11.5 Å². The van der Waals surface area contributed by atoms with E-state index in [1.54, 1.807) is 14.2 Å². The molecule has 298 valence electrons. The Bertz CT molecular complexity index is 2940. The van der Waals surface area contributed by atoms with Crippen molar-refractivity contribution in [1.82, 2.24) is 19.9 Å². The van der Waals surface area contributed by atoms with E-state index in [2.05, 4.69) is 102 Å². The Morgan fingerprint density at radius 2 is 1.08 bits per heavy atom. The van der Waals surface area contributed by atoms with Gasteiger partial charge in [0.25, 0.3) is 0 Å². The van der Waals surface area contributed by atoms with E-state index in [0.717, 1.165) is 107 Å². The van der Waals surface area contributed by atoms with Crippen LogP contribution in [0.4, 0.5) is 0 Å². The summed E-state index contributed by atoms with van der Waals surface area (Å²) in [6.07, 6.45) is 3.53. The van der Waals surface area contributed by atoms with Gasteiger partial charge in [-0.05, 0) is 71.2 Å². The molecule has 4 aromatic carbocycles. The number of nitrogens with one attached hydrogen (secondary N) is 2. The van der Waals surface area contributed by atoms with E-state index in [9.17, 15) is 9.59 Å². The average Bonchev–Trinajstić information content (AvgIpc) is 3.80. The van der Waals surface area contributed by atoms with Gasteiger partial charge in [0.1, 0.15) is 11.5 Å². The lowest BCUT2D eigenvalue weighted by atomic mass is 9.74. The standard InChI is InChI=1S/C25H23BrN2O2.C25H24N2O2/c1-25(2)13-19-21(23(29)24(25)26)20-16-6-4-5-7-17(16)28-22(20)18(27-19)12-14-8-10-15(30-3)11-9-14;1-25(2)13-20-23(21(28)14-25)22-17-6-4-5-7-18(17)27-24(22)19(26-20)12-15-8-10-16(29-3)11-9-15/h4-11,24,28H,12-13H2,1-3H3;4-11,27H,12-14H2,1-3H3. The van der Waals surface area contributed by atoms with E-state index >= 15 is 0 Å². The van der Waals surface area contributed by atoms with Gasteiger partial charge in [0, 0.05) is 57.4 Å². The van der Waals surface area contributed by atoms with E-state index < -0.39 is 0 Å². The molecular weight excluding hydrogens is 800 g/mol. The number of benzene rings is 4. The van der Waals surface area contributed by atoms with Gasteiger partial charge in [-0.1, -0.05) is 104 Å². The summed E-state index contributed by atoms with van der Waals surface area (Å²) < 4.78 is 10.6. The van der Waals surface area contributed by atoms with Crippen LogP contribution in [0.3, 0.4) is 0 Å². The second-order valence-electron chi connectivity index (χ2n) is 17.5. The number of rotatable bonds is 6. The number of ketones is 2. The van der Waals surface area contributed by atoms with Crippen molar-refractivity contribution in [3.05, 3.63) is 142 Å². The zero-order chi connectivity index (χ0) is 41.2. The second-order valence-corrected chi connectivity index (χ2v) is 18.4. The third kappa shape index (κ3) is 6.99. The molecule has 0 bridgehead atoms. The van der Waals surface area contributed by atoms with Gasteiger partial charge in [-0.15, -0.1) is 0 Å². The minimum Gasteiger partial charge on any atom is -0.497 e. The molecular formula is C50H47BrN4O4. The highest BCUT2D eigenvalue weighted by atomic mass is 79.9. The normalized spacial score (nSPS) is 16.8. The zero-order valence-corrected chi connectivity index (χ0v) is 35.8. The SMILES string of the molecule is COc1ccc(Cc2nc3c(c4c2[nH]c2ccccc24)C(=O)C(Br)C(C)(C)C3)cc1.COc1ccc(Cc2nc3c(c4c2[nH]c2ccccc24)C(=O)CC(C)(C)C3)cc1. The molecule has 8 nitrogen and oxygen atoms in total. The summed E-state index contributed by atoms with van der Waals surface area (Å²) in [6.45, 7) is 8.55. The van der Waals surface area contributed by atoms with Gasteiger partial charge in [0.15, 0.2) is 11.6 Å². The van der Waals surface area contributed by atoms with Crippen molar-refractivity contribution >= 4 is 71.1 Å². The number of hydrogen-bond acceptors (Lipinski definition) is 6. The first-order valence-electron chi connectivity index (χ1n) is 20.2. The molecule has 0 aliphatic heterocycles. The molecule has 2 N–H and O–H groups in total. The predicted octanol–water partition coefficient (Wildman–Crippen LogP) is 11.3. The van der Waals surface area contributed by atoms with E-state index in [1.807, 2.05) is 48.5 Å². The molecule has 9 heteroatoms. The first-order chi connectivity index (χ1) is 28.3. The third-order valence-electron chi connectivity index (χ3n) is 12.0. The number of H-pyrrole nitrogens is 2. The molecule has 8 aromatic rings. The number of nitrogens with zero attached hydrogens (tertiary/aromatic N) is 2. The van der Waals surface area contributed by atoms with Gasteiger partial charge in [-0.2, -0.15) is 0 Å². The topological polar surface area (TPSA) is 110 Å². The first kappa shape index (κ1) is 38.7. The van der Waals surface area contributed by atoms with Gasteiger partial charge in [-0.25, -0.2) is 0 Å². The Morgan fingerprint density at radius 3 is 1.58 bits per heavy atom. The fourth-order valence-electron chi connectivity index (χ4n) is 9.07. The molecule has 0 spiro atoms. The summed E-state index contributed by atoms with van der Waals surface area (Å²) in [7, 11) is 3.34. The number of halogens is 1. The number of hydrogen-bond donors (Lipinski definition) is 2. The summed E-state index contributed by atoms with van der Waals surface area (Å²) in [5.41, 5.74) is 11.5. The molecule has 59 heavy (non-hydrogen) atoms. The number of Topliss-reactive ketones (excluding diaryl/α,β-unsaturated/α-hetero) is 2. The number of carbonyl (C=O) groups excluding carboxylic acids is 2. The van der Waals surface area contributed by atoms with Crippen LogP contribution in [0.2, 0.25) is 0 Å². The number of alkyl halides is 1. The van der Waals surface area contributed by atoms with Crippen LogP contribution < -0.4 is 9.47 Å². The summed E-state index contributed by atoms with van der Waals surface area (Å²) in [5.74, 6) is 2.01. The summed E-state index contributed by atoms with van der Waals surface area (Å²) in [5, 5.41) is 4.22. The van der Waals surface area contributed by atoms with Crippen molar-refractivity contribution in [2.24, 2.45) is 10.8 Å². The molecule has 1 unspecified atom stereocenters.